The van der Waals surface area contributed by atoms with E-state index in [0.29, 0.717) is 5.69 Å². The summed E-state index contributed by atoms with van der Waals surface area (Å²) in [6.45, 7) is 2.01. The Kier molecular flexibility index (Phi) is 3.77. The van der Waals surface area contributed by atoms with Gasteiger partial charge in [-0.05, 0) is 24.6 Å². The van der Waals surface area contributed by atoms with Crippen molar-refractivity contribution in [2.45, 2.75) is 12.5 Å². The zero-order chi connectivity index (χ0) is 18.1. The van der Waals surface area contributed by atoms with Gasteiger partial charge in [0.05, 0.1) is 16.3 Å². The molecule has 5 nitrogen and oxygen atoms in total. The van der Waals surface area contributed by atoms with Crippen LogP contribution in [0.5, 0.6) is 0 Å². The Morgan fingerprint density at radius 1 is 0.923 bits per heavy atom. The highest BCUT2D eigenvalue weighted by Crippen LogP contribution is 2.44. The average Bonchev–Trinajstić information content (AvgIpc) is 2.96. The molecule has 0 fully saturated rings. The number of anilines is 1. The van der Waals surface area contributed by atoms with Crippen LogP contribution in [0.25, 0.3) is 0 Å². The lowest BCUT2D eigenvalue weighted by Crippen LogP contribution is -2.35. The van der Waals surface area contributed by atoms with Crippen LogP contribution in [0.1, 0.15) is 18.1 Å². The van der Waals surface area contributed by atoms with Gasteiger partial charge in [-0.1, -0.05) is 60.7 Å². The predicted molar refractivity (Wildman–Crippen MR) is 103 cm³/mol. The minimum absolute atomic E-state index is 0.0583. The van der Waals surface area contributed by atoms with Crippen LogP contribution in [-0.4, -0.2) is 10.6 Å². The molecule has 0 saturated carbocycles. The van der Waals surface area contributed by atoms with E-state index in [1.54, 1.807) is 6.07 Å². The Labute approximate surface area is 151 Å². The highest BCUT2D eigenvalue weighted by atomic mass is 16.6. The van der Waals surface area contributed by atoms with E-state index in [1.165, 1.54) is 6.07 Å². The molecule has 0 bridgehead atoms. The number of nitrogens with one attached hydrogen (secondary N) is 1. The van der Waals surface area contributed by atoms with Crippen LogP contribution in [0.3, 0.4) is 0 Å². The molecule has 0 aromatic heterocycles. The van der Waals surface area contributed by atoms with Crippen LogP contribution in [0, 0.1) is 10.1 Å². The normalized spacial score (nSPS) is 19.8. The molecule has 0 radical (unpaired) electrons. The molecular formula is C21H17N3O2. The zero-order valence-electron chi connectivity index (χ0n) is 14.2. The summed E-state index contributed by atoms with van der Waals surface area (Å²) in [4.78, 5) is 16.0. The molecule has 3 aromatic carbocycles. The first-order valence-corrected chi connectivity index (χ1v) is 8.35. The third-order valence-corrected chi connectivity index (χ3v) is 4.69. The molecule has 3 aromatic rings. The van der Waals surface area contributed by atoms with Gasteiger partial charge in [-0.3, -0.25) is 10.1 Å². The molecule has 1 N–H and O–H groups in total. The maximum Gasteiger partial charge on any atom is 0.293 e. The third-order valence-electron chi connectivity index (χ3n) is 4.69. The van der Waals surface area contributed by atoms with Gasteiger partial charge in [-0.25, -0.2) is 4.99 Å². The molecule has 128 valence electrons. The van der Waals surface area contributed by atoms with Crippen molar-refractivity contribution in [3.63, 3.8) is 0 Å². The molecule has 26 heavy (non-hydrogen) atoms. The van der Waals surface area contributed by atoms with E-state index in [9.17, 15) is 10.1 Å². The molecule has 1 unspecified atom stereocenters. The summed E-state index contributed by atoms with van der Waals surface area (Å²) in [5.41, 5.74) is 3.25. The van der Waals surface area contributed by atoms with Gasteiger partial charge in [-0.15, -0.1) is 0 Å². The number of fused-ring (bicyclic) bond motifs is 1. The Hall–Kier alpha value is -3.47. The summed E-state index contributed by atoms with van der Waals surface area (Å²) in [7, 11) is 0. The van der Waals surface area contributed by atoms with E-state index >= 15 is 0 Å². The average molecular weight is 343 g/mol. The van der Waals surface area contributed by atoms with E-state index in [4.69, 9.17) is 4.99 Å². The second-order valence-corrected chi connectivity index (χ2v) is 6.37. The van der Waals surface area contributed by atoms with Crippen LogP contribution in [0.2, 0.25) is 0 Å². The van der Waals surface area contributed by atoms with Crippen molar-refractivity contribution < 1.29 is 4.92 Å². The van der Waals surface area contributed by atoms with E-state index in [-0.39, 0.29) is 10.6 Å². The Bertz CT molecular complexity index is 1000. The number of rotatable bonds is 3. The fraction of sp³-hybridized carbons (Fsp3) is 0.0952. The lowest BCUT2D eigenvalue weighted by Gasteiger charge is -2.27. The molecule has 0 spiro atoms. The zero-order valence-corrected chi connectivity index (χ0v) is 14.2. The van der Waals surface area contributed by atoms with Crippen molar-refractivity contribution >= 4 is 22.8 Å². The van der Waals surface area contributed by atoms with Gasteiger partial charge >= 0.3 is 0 Å². The van der Waals surface area contributed by atoms with E-state index in [1.807, 2.05) is 73.7 Å². The first-order chi connectivity index (χ1) is 12.6. The number of nitrogens with zero attached hydrogens (tertiary/aromatic N) is 2. The van der Waals surface area contributed by atoms with Crippen LogP contribution >= 0.6 is 0 Å². The second kappa shape index (κ2) is 6.11. The Morgan fingerprint density at radius 3 is 2.23 bits per heavy atom. The molecule has 0 amide bonds. The van der Waals surface area contributed by atoms with Gasteiger partial charge < -0.3 is 5.32 Å². The highest BCUT2D eigenvalue weighted by molar-refractivity contribution is 6.18. The monoisotopic (exact) mass is 343 g/mol. The molecule has 5 heteroatoms. The van der Waals surface area contributed by atoms with E-state index < -0.39 is 5.54 Å². The number of nitro groups is 1. The maximum atomic E-state index is 11.5. The SMILES string of the molecule is CC1(c2ccccc2)Nc2c(cccc2[N+](=O)[O-])C1=Nc1ccccc1. The minimum Gasteiger partial charge on any atom is -0.364 e. The summed E-state index contributed by atoms with van der Waals surface area (Å²) in [6.07, 6.45) is 0. The molecule has 1 atom stereocenters. The summed E-state index contributed by atoms with van der Waals surface area (Å²) >= 11 is 0. The number of hydrogen-bond acceptors (Lipinski definition) is 4. The minimum atomic E-state index is -0.661. The second-order valence-electron chi connectivity index (χ2n) is 6.37. The van der Waals surface area contributed by atoms with Crippen molar-refractivity contribution in [1.29, 1.82) is 0 Å². The molecule has 0 saturated heterocycles. The predicted octanol–water partition coefficient (Wildman–Crippen LogP) is 5.06. The van der Waals surface area contributed by atoms with Crippen molar-refractivity contribution in [1.82, 2.24) is 0 Å². The Balaban J connectivity index is 1.97. The topological polar surface area (TPSA) is 67.5 Å². The molecule has 0 aliphatic carbocycles. The van der Waals surface area contributed by atoms with E-state index in [0.717, 1.165) is 22.5 Å². The van der Waals surface area contributed by atoms with Crippen LogP contribution in [-0.2, 0) is 5.54 Å². The standard InChI is InChI=1S/C21H17N3O2/c1-21(15-9-4-2-5-10-15)20(22-16-11-6-3-7-12-16)17-13-8-14-18(24(25)26)19(17)23-21/h2-14,23H,1H3. The first-order valence-electron chi connectivity index (χ1n) is 8.35. The summed E-state index contributed by atoms with van der Waals surface area (Å²) in [5, 5.41) is 14.9. The van der Waals surface area contributed by atoms with Crippen molar-refractivity contribution in [3.05, 3.63) is 100 Å². The largest absolute Gasteiger partial charge is 0.364 e. The Morgan fingerprint density at radius 2 is 1.58 bits per heavy atom. The van der Waals surface area contributed by atoms with Gasteiger partial charge in [0.1, 0.15) is 11.2 Å². The van der Waals surface area contributed by atoms with Crippen LogP contribution < -0.4 is 5.32 Å². The van der Waals surface area contributed by atoms with E-state index in [2.05, 4.69) is 5.32 Å². The van der Waals surface area contributed by atoms with Crippen molar-refractivity contribution in [2.75, 3.05) is 5.32 Å². The van der Waals surface area contributed by atoms with Gasteiger partial charge in [0.25, 0.3) is 5.69 Å². The summed E-state index contributed by atoms with van der Waals surface area (Å²) < 4.78 is 0. The van der Waals surface area contributed by atoms with Gasteiger partial charge in [0.15, 0.2) is 0 Å². The number of para-hydroxylation sites is 2. The number of hydrogen-bond donors (Lipinski definition) is 1. The fourth-order valence-corrected chi connectivity index (χ4v) is 3.38. The lowest BCUT2D eigenvalue weighted by atomic mass is 9.87. The maximum absolute atomic E-state index is 11.5. The number of aliphatic imine (C=N–C) groups is 1. The lowest BCUT2D eigenvalue weighted by molar-refractivity contribution is -0.384. The van der Waals surface area contributed by atoms with Gasteiger partial charge in [0.2, 0.25) is 0 Å². The van der Waals surface area contributed by atoms with Crippen LogP contribution in [0.4, 0.5) is 17.1 Å². The van der Waals surface area contributed by atoms with Gasteiger partial charge in [0, 0.05) is 11.6 Å². The smallest absolute Gasteiger partial charge is 0.293 e. The number of nitro benzene ring substituents is 1. The fourth-order valence-electron chi connectivity index (χ4n) is 3.38. The highest BCUT2D eigenvalue weighted by Gasteiger charge is 2.43. The quantitative estimate of drug-likeness (QED) is 0.534. The summed E-state index contributed by atoms with van der Waals surface area (Å²) in [5.74, 6) is 0. The summed E-state index contributed by atoms with van der Waals surface area (Å²) in [6, 6.07) is 24.6. The molecule has 1 aliphatic heterocycles. The molecule has 1 aliphatic rings. The molecule has 1 heterocycles. The number of benzene rings is 3. The van der Waals surface area contributed by atoms with Crippen molar-refractivity contribution in [3.8, 4) is 0 Å². The van der Waals surface area contributed by atoms with Crippen LogP contribution in [0.15, 0.2) is 83.9 Å². The third kappa shape index (κ3) is 2.54. The first kappa shape index (κ1) is 16.0. The van der Waals surface area contributed by atoms with Crippen molar-refractivity contribution in [2.24, 2.45) is 4.99 Å². The molecule has 4 rings (SSSR count). The van der Waals surface area contributed by atoms with Gasteiger partial charge in [-0.2, -0.15) is 0 Å². The molecular weight excluding hydrogens is 326 g/mol.